The van der Waals surface area contributed by atoms with Crippen molar-refractivity contribution < 1.29 is 9.53 Å². The summed E-state index contributed by atoms with van der Waals surface area (Å²) in [6.07, 6.45) is 2.07. The fraction of sp³-hybridized carbons (Fsp3) is 0.588. The Labute approximate surface area is 127 Å². The summed E-state index contributed by atoms with van der Waals surface area (Å²) >= 11 is 0. The third kappa shape index (κ3) is 3.38. The molecule has 1 aliphatic rings. The van der Waals surface area contributed by atoms with Crippen molar-refractivity contribution in [1.29, 1.82) is 0 Å². The Morgan fingerprint density at radius 1 is 1.48 bits per heavy atom. The Morgan fingerprint density at radius 2 is 2.24 bits per heavy atom. The van der Waals surface area contributed by atoms with E-state index in [-0.39, 0.29) is 11.9 Å². The van der Waals surface area contributed by atoms with Crippen LogP contribution >= 0.6 is 0 Å². The Hall–Kier alpha value is -1.55. The fourth-order valence-electron chi connectivity index (χ4n) is 3.08. The lowest BCUT2D eigenvalue weighted by atomic mass is 10.00. The highest BCUT2D eigenvalue weighted by molar-refractivity contribution is 5.86. The Balaban J connectivity index is 2.22. The molecular formula is C17H26N2O2. The van der Waals surface area contributed by atoms with Gasteiger partial charge in [0.2, 0.25) is 5.91 Å². The molecule has 2 rings (SSSR count). The van der Waals surface area contributed by atoms with Crippen LogP contribution in [0.15, 0.2) is 24.3 Å². The first-order valence-corrected chi connectivity index (χ1v) is 7.69. The van der Waals surface area contributed by atoms with Crippen molar-refractivity contribution in [3.8, 4) is 5.75 Å². The standard InChI is InChI=1S/C17H26N2O2/c1-5-18-17(2,3)16(20)19-11-7-10-15(19)13-8-6-9-14(12-13)21-4/h6,8-9,12,15,18H,5,7,10-11H2,1-4H3. The van der Waals surface area contributed by atoms with Crippen molar-refractivity contribution in [3.05, 3.63) is 29.8 Å². The van der Waals surface area contributed by atoms with Crippen LogP contribution < -0.4 is 10.1 Å². The van der Waals surface area contributed by atoms with E-state index in [0.717, 1.165) is 37.2 Å². The number of benzene rings is 1. The molecule has 0 bridgehead atoms. The van der Waals surface area contributed by atoms with Crippen molar-refractivity contribution in [1.82, 2.24) is 10.2 Å². The number of likely N-dealkylation sites (N-methyl/N-ethyl adjacent to an activating group) is 1. The highest BCUT2D eigenvalue weighted by atomic mass is 16.5. The highest BCUT2D eigenvalue weighted by Crippen LogP contribution is 2.34. The lowest BCUT2D eigenvalue weighted by Gasteiger charge is -2.34. The maximum Gasteiger partial charge on any atom is 0.242 e. The predicted octanol–water partition coefficient (Wildman–Crippen LogP) is 2.75. The number of likely N-dealkylation sites (tertiary alicyclic amines) is 1. The molecule has 1 saturated heterocycles. The van der Waals surface area contributed by atoms with Gasteiger partial charge in [0, 0.05) is 6.54 Å². The zero-order chi connectivity index (χ0) is 15.5. The predicted molar refractivity (Wildman–Crippen MR) is 84.4 cm³/mol. The molecule has 0 aromatic heterocycles. The van der Waals surface area contributed by atoms with E-state index in [1.807, 2.05) is 43.9 Å². The largest absolute Gasteiger partial charge is 0.497 e. The number of nitrogens with zero attached hydrogens (tertiary/aromatic N) is 1. The molecule has 1 fully saturated rings. The van der Waals surface area contributed by atoms with Gasteiger partial charge in [-0.1, -0.05) is 19.1 Å². The molecule has 116 valence electrons. The first kappa shape index (κ1) is 15.8. The SMILES string of the molecule is CCNC(C)(C)C(=O)N1CCCC1c1cccc(OC)c1. The summed E-state index contributed by atoms with van der Waals surface area (Å²) in [6.45, 7) is 7.56. The number of hydrogen-bond acceptors (Lipinski definition) is 3. The molecule has 0 saturated carbocycles. The van der Waals surface area contributed by atoms with E-state index in [9.17, 15) is 4.79 Å². The average Bonchev–Trinajstić information content (AvgIpc) is 2.95. The van der Waals surface area contributed by atoms with E-state index in [2.05, 4.69) is 11.4 Å². The van der Waals surface area contributed by atoms with Gasteiger partial charge in [0.05, 0.1) is 18.7 Å². The van der Waals surface area contributed by atoms with Crippen LogP contribution in [0.25, 0.3) is 0 Å². The minimum Gasteiger partial charge on any atom is -0.497 e. The van der Waals surface area contributed by atoms with Crippen LogP contribution in [0, 0.1) is 0 Å². The van der Waals surface area contributed by atoms with Crippen LogP contribution in [-0.2, 0) is 4.79 Å². The minimum atomic E-state index is -0.518. The maximum atomic E-state index is 12.8. The Morgan fingerprint density at radius 3 is 2.90 bits per heavy atom. The number of ether oxygens (including phenoxy) is 1. The number of carbonyl (C=O) groups excluding carboxylic acids is 1. The number of amides is 1. The summed E-state index contributed by atoms with van der Waals surface area (Å²) in [5, 5.41) is 3.28. The van der Waals surface area contributed by atoms with Gasteiger partial charge in [-0.3, -0.25) is 4.79 Å². The van der Waals surface area contributed by atoms with E-state index in [4.69, 9.17) is 4.74 Å². The zero-order valence-corrected chi connectivity index (χ0v) is 13.5. The molecular weight excluding hydrogens is 264 g/mol. The summed E-state index contributed by atoms with van der Waals surface area (Å²) in [4.78, 5) is 14.8. The van der Waals surface area contributed by atoms with Crippen LogP contribution in [0.1, 0.15) is 45.2 Å². The second-order valence-electron chi connectivity index (χ2n) is 6.09. The molecule has 1 N–H and O–H groups in total. The molecule has 1 unspecified atom stereocenters. The van der Waals surface area contributed by atoms with E-state index in [1.54, 1.807) is 7.11 Å². The first-order valence-electron chi connectivity index (χ1n) is 7.69. The Kier molecular flexibility index (Phi) is 4.88. The number of methoxy groups -OCH3 is 1. The van der Waals surface area contributed by atoms with Gasteiger partial charge in [0.15, 0.2) is 0 Å². The number of carbonyl (C=O) groups is 1. The summed E-state index contributed by atoms with van der Waals surface area (Å²) < 4.78 is 5.30. The lowest BCUT2D eigenvalue weighted by molar-refractivity contribution is -0.138. The monoisotopic (exact) mass is 290 g/mol. The molecule has 4 nitrogen and oxygen atoms in total. The molecule has 0 radical (unpaired) electrons. The molecule has 1 amide bonds. The molecule has 1 heterocycles. The molecule has 0 spiro atoms. The van der Waals surface area contributed by atoms with Crippen molar-refractivity contribution in [2.45, 2.75) is 45.2 Å². The molecule has 4 heteroatoms. The van der Waals surface area contributed by atoms with Crippen LogP contribution in [0.2, 0.25) is 0 Å². The summed E-state index contributed by atoms with van der Waals surface area (Å²) in [5.74, 6) is 1.02. The summed E-state index contributed by atoms with van der Waals surface area (Å²) in [7, 11) is 1.67. The van der Waals surface area contributed by atoms with Gasteiger partial charge >= 0.3 is 0 Å². The lowest BCUT2D eigenvalue weighted by Crippen LogP contribution is -2.53. The van der Waals surface area contributed by atoms with E-state index in [0.29, 0.717) is 0 Å². The molecule has 1 aliphatic heterocycles. The molecule has 1 aromatic rings. The van der Waals surface area contributed by atoms with Gasteiger partial charge in [-0.25, -0.2) is 0 Å². The second-order valence-corrected chi connectivity index (χ2v) is 6.09. The normalized spacial score (nSPS) is 18.9. The van der Waals surface area contributed by atoms with Gasteiger partial charge in [0.25, 0.3) is 0 Å². The molecule has 1 atom stereocenters. The van der Waals surface area contributed by atoms with Crippen molar-refractivity contribution in [2.24, 2.45) is 0 Å². The highest BCUT2D eigenvalue weighted by Gasteiger charge is 2.37. The Bertz CT molecular complexity index is 499. The van der Waals surface area contributed by atoms with Gasteiger partial charge < -0.3 is 15.0 Å². The number of nitrogens with one attached hydrogen (secondary N) is 1. The van der Waals surface area contributed by atoms with Gasteiger partial charge in [-0.15, -0.1) is 0 Å². The quantitative estimate of drug-likeness (QED) is 0.906. The average molecular weight is 290 g/mol. The third-order valence-electron chi connectivity index (χ3n) is 4.15. The second kappa shape index (κ2) is 6.48. The van der Waals surface area contributed by atoms with Crippen molar-refractivity contribution in [2.75, 3.05) is 20.2 Å². The zero-order valence-electron chi connectivity index (χ0n) is 13.5. The number of hydrogen-bond donors (Lipinski definition) is 1. The van der Waals surface area contributed by atoms with E-state index in [1.165, 1.54) is 0 Å². The van der Waals surface area contributed by atoms with Gasteiger partial charge in [0.1, 0.15) is 5.75 Å². The third-order valence-corrected chi connectivity index (χ3v) is 4.15. The van der Waals surface area contributed by atoms with Crippen LogP contribution in [0.5, 0.6) is 5.75 Å². The molecule has 21 heavy (non-hydrogen) atoms. The fourth-order valence-corrected chi connectivity index (χ4v) is 3.08. The van der Waals surface area contributed by atoms with Crippen LogP contribution in [-0.4, -0.2) is 36.5 Å². The van der Waals surface area contributed by atoms with Crippen molar-refractivity contribution in [3.63, 3.8) is 0 Å². The first-order chi connectivity index (χ1) is 9.99. The molecule has 0 aliphatic carbocycles. The van der Waals surface area contributed by atoms with Crippen LogP contribution in [0.3, 0.4) is 0 Å². The summed E-state index contributed by atoms with van der Waals surface area (Å²) in [5.41, 5.74) is 0.642. The van der Waals surface area contributed by atoms with E-state index >= 15 is 0 Å². The maximum absolute atomic E-state index is 12.8. The number of rotatable bonds is 5. The smallest absolute Gasteiger partial charge is 0.242 e. The molecule has 1 aromatic carbocycles. The van der Waals surface area contributed by atoms with E-state index < -0.39 is 5.54 Å². The van der Waals surface area contributed by atoms with Crippen molar-refractivity contribution >= 4 is 5.91 Å². The van der Waals surface area contributed by atoms with Gasteiger partial charge in [-0.05, 0) is 50.9 Å². The summed E-state index contributed by atoms with van der Waals surface area (Å²) in [6, 6.07) is 8.21. The van der Waals surface area contributed by atoms with Gasteiger partial charge in [-0.2, -0.15) is 0 Å². The minimum absolute atomic E-state index is 0.158. The topological polar surface area (TPSA) is 41.6 Å². The van der Waals surface area contributed by atoms with Crippen LogP contribution in [0.4, 0.5) is 0 Å².